The maximum absolute atomic E-state index is 10.8. The fourth-order valence-electron chi connectivity index (χ4n) is 0.721. The first-order valence-corrected chi connectivity index (χ1v) is 4.96. The zero-order chi connectivity index (χ0) is 7.49. The lowest BCUT2D eigenvalue weighted by molar-refractivity contribution is -0.366. The highest BCUT2D eigenvalue weighted by atomic mass is 32.2. The van der Waals surface area contributed by atoms with E-state index in [9.17, 15) is 8.42 Å². The van der Waals surface area contributed by atoms with Crippen molar-refractivity contribution >= 4 is 9.84 Å². The predicted molar refractivity (Wildman–Crippen MR) is 36.7 cm³/mol. The van der Waals surface area contributed by atoms with E-state index in [1.54, 1.807) is 0 Å². The highest BCUT2D eigenvalue weighted by Gasteiger charge is 2.17. The molecule has 0 aliphatic carbocycles. The van der Waals surface area contributed by atoms with Crippen LogP contribution in [-0.4, -0.2) is 26.5 Å². The summed E-state index contributed by atoms with van der Waals surface area (Å²) in [4.78, 5) is 0. The van der Waals surface area contributed by atoms with E-state index >= 15 is 0 Å². The Morgan fingerprint density at radius 3 is 2.00 bits per heavy atom. The minimum Gasteiger partial charge on any atom is -0.356 e. The topological polar surface area (TPSA) is 61.8 Å². The molecule has 0 rings (SSSR count). The number of hydrogen-bond acceptors (Lipinski definition) is 2. The first-order valence-electron chi connectivity index (χ1n) is 3.00. The molecule has 0 bridgehead atoms. The van der Waals surface area contributed by atoms with E-state index in [0.717, 1.165) is 0 Å². The van der Waals surface area contributed by atoms with Crippen molar-refractivity contribution in [1.82, 2.24) is 0 Å². The average Bonchev–Trinajstić information content (AvgIpc) is 1.65. The van der Waals surface area contributed by atoms with E-state index in [2.05, 4.69) is 5.73 Å². The van der Waals surface area contributed by atoms with Gasteiger partial charge in [-0.3, -0.25) is 0 Å². The fourth-order valence-corrected chi connectivity index (χ4v) is 1.75. The summed E-state index contributed by atoms with van der Waals surface area (Å²) in [7, 11) is -2.83. The Labute approximate surface area is 56.2 Å². The summed E-state index contributed by atoms with van der Waals surface area (Å²) in [6.07, 6.45) is 1.93. The van der Waals surface area contributed by atoms with Crippen LogP contribution in [0.25, 0.3) is 0 Å². The van der Waals surface area contributed by atoms with Crippen molar-refractivity contribution in [1.29, 1.82) is 0 Å². The molecule has 0 spiro atoms. The first-order chi connectivity index (χ1) is 4.02. The van der Waals surface area contributed by atoms with Crippen LogP contribution in [0.2, 0.25) is 0 Å². The van der Waals surface area contributed by atoms with Crippen LogP contribution >= 0.6 is 0 Å². The summed E-state index contributed by atoms with van der Waals surface area (Å²) in [6, 6.07) is 0. The molecule has 0 heterocycles. The molecule has 1 unspecified atom stereocenters. The van der Waals surface area contributed by atoms with E-state index < -0.39 is 9.84 Å². The van der Waals surface area contributed by atoms with Gasteiger partial charge in [0, 0.05) is 6.26 Å². The number of rotatable bonds is 3. The molecule has 1 atom stereocenters. The normalized spacial score (nSPS) is 15.4. The second-order valence-corrected chi connectivity index (χ2v) is 4.47. The third-order valence-electron chi connectivity index (χ3n) is 1.38. The van der Waals surface area contributed by atoms with Gasteiger partial charge in [-0.25, -0.2) is 8.42 Å². The molecule has 4 heteroatoms. The van der Waals surface area contributed by atoms with Crippen LogP contribution in [0.5, 0.6) is 0 Å². The summed E-state index contributed by atoms with van der Waals surface area (Å²) >= 11 is 0. The van der Waals surface area contributed by atoms with Crippen molar-refractivity contribution in [3.05, 3.63) is 0 Å². The fraction of sp³-hybridized carbons (Fsp3) is 1.00. The SMILES string of the molecule is CCC(C[NH3+])S(C)(=O)=O. The predicted octanol–water partition coefficient (Wildman–Crippen LogP) is -0.948. The van der Waals surface area contributed by atoms with Crippen molar-refractivity contribution in [3.8, 4) is 0 Å². The van der Waals surface area contributed by atoms with E-state index in [1.165, 1.54) is 6.26 Å². The molecule has 0 saturated heterocycles. The van der Waals surface area contributed by atoms with Gasteiger partial charge in [-0.05, 0) is 6.42 Å². The second kappa shape index (κ2) is 3.17. The molecule has 0 aliphatic rings. The van der Waals surface area contributed by atoms with Crippen LogP contribution in [-0.2, 0) is 9.84 Å². The van der Waals surface area contributed by atoms with Crippen molar-refractivity contribution in [2.24, 2.45) is 0 Å². The van der Waals surface area contributed by atoms with Gasteiger partial charge in [0.05, 0.1) is 6.54 Å². The maximum Gasteiger partial charge on any atom is 0.155 e. The van der Waals surface area contributed by atoms with E-state index in [-0.39, 0.29) is 5.25 Å². The number of sulfone groups is 1. The van der Waals surface area contributed by atoms with Crippen LogP contribution in [0.1, 0.15) is 13.3 Å². The zero-order valence-electron chi connectivity index (χ0n) is 5.92. The lowest BCUT2D eigenvalue weighted by atomic mass is 10.3. The molecule has 0 aromatic rings. The quantitative estimate of drug-likeness (QED) is 0.567. The Morgan fingerprint density at radius 1 is 1.56 bits per heavy atom. The Hall–Kier alpha value is -0.0900. The van der Waals surface area contributed by atoms with Gasteiger partial charge in [-0.1, -0.05) is 6.92 Å². The van der Waals surface area contributed by atoms with Crippen molar-refractivity contribution in [2.45, 2.75) is 18.6 Å². The summed E-state index contributed by atoms with van der Waals surface area (Å²) in [5, 5.41) is -0.238. The average molecular weight is 152 g/mol. The highest BCUT2D eigenvalue weighted by Crippen LogP contribution is 1.99. The third kappa shape index (κ3) is 2.81. The van der Waals surface area contributed by atoms with Crippen LogP contribution in [0.3, 0.4) is 0 Å². The molecule has 0 aromatic heterocycles. The molecule has 0 radical (unpaired) electrons. The highest BCUT2D eigenvalue weighted by molar-refractivity contribution is 7.91. The first kappa shape index (κ1) is 8.91. The molecule has 0 saturated carbocycles. The van der Waals surface area contributed by atoms with Gasteiger partial charge in [0.25, 0.3) is 0 Å². The molecule has 0 aliphatic heterocycles. The van der Waals surface area contributed by atoms with Gasteiger partial charge in [0.15, 0.2) is 9.84 Å². The standard InChI is InChI=1S/C5H13NO2S/c1-3-5(4-6)9(2,7)8/h5H,3-4,6H2,1-2H3/p+1. The third-order valence-corrected chi connectivity index (χ3v) is 3.16. The molecule has 9 heavy (non-hydrogen) atoms. The van der Waals surface area contributed by atoms with Crippen LogP contribution in [0.15, 0.2) is 0 Å². The van der Waals surface area contributed by atoms with E-state index in [1.807, 2.05) is 6.92 Å². The molecule has 3 N–H and O–H groups in total. The van der Waals surface area contributed by atoms with Crippen molar-refractivity contribution in [3.63, 3.8) is 0 Å². The van der Waals surface area contributed by atoms with Crippen LogP contribution in [0, 0.1) is 0 Å². The molecular formula is C5H14NO2S+. The Bertz CT molecular complexity index is 158. The summed E-state index contributed by atoms with van der Waals surface area (Å²) in [5.41, 5.74) is 3.54. The molecule has 3 nitrogen and oxygen atoms in total. The molecule has 0 fully saturated rings. The van der Waals surface area contributed by atoms with Gasteiger partial charge < -0.3 is 5.73 Å². The summed E-state index contributed by atoms with van der Waals surface area (Å²) in [6.45, 7) is 2.34. The lowest BCUT2D eigenvalue weighted by Crippen LogP contribution is -2.57. The maximum atomic E-state index is 10.8. The largest absolute Gasteiger partial charge is 0.356 e. The van der Waals surface area contributed by atoms with E-state index in [0.29, 0.717) is 13.0 Å². The molecule has 0 aromatic carbocycles. The Balaban J connectivity index is 4.14. The van der Waals surface area contributed by atoms with Gasteiger partial charge in [0.2, 0.25) is 0 Å². The Morgan fingerprint density at radius 2 is 2.00 bits per heavy atom. The van der Waals surface area contributed by atoms with Crippen molar-refractivity contribution in [2.75, 3.05) is 12.8 Å². The Kier molecular flexibility index (Phi) is 3.14. The minimum atomic E-state index is -2.83. The van der Waals surface area contributed by atoms with E-state index in [4.69, 9.17) is 0 Å². The van der Waals surface area contributed by atoms with Gasteiger partial charge in [0.1, 0.15) is 5.25 Å². The van der Waals surface area contributed by atoms with Gasteiger partial charge >= 0.3 is 0 Å². The lowest BCUT2D eigenvalue weighted by Gasteiger charge is -2.05. The van der Waals surface area contributed by atoms with Gasteiger partial charge in [-0.2, -0.15) is 0 Å². The number of hydrogen-bond donors (Lipinski definition) is 1. The zero-order valence-corrected chi connectivity index (χ0v) is 6.74. The molecular weight excluding hydrogens is 138 g/mol. The minimum absolute atomic E-state index is 0.238. The number of quaternary nitrogens is 1. The summed E-state index contributed by atoms with van der Waals surface area (Å²) < 4.78 is 21.5. The molecule has 56 valence electrons. The summed E-state index contributed by atoms with van der Waals surface area (Å²) in [5.74, 6) is 0. The monoisotopic (exact) mass is 152 g/mol. The smallest absolute Gasteiger partial charge is 0.155 e. The van der Waals surface area contributed by atoms with Crippen molar-refractivity contribution < 1.29 is 14.2 Å². The van der Waals surface area contributed by atoms with Crippen LogP contribution in [0.4, 0.5) is 0 Å². The van der Waals surface area contributed by atoms with Gasteiger partial charge in [-0.15, -0.1) is 0 Å². The van der Waals surface area contributed by atoms with Crippen LogP contribution < -0.4 is 5.73 Å². The second-order valence-electron chi connectivity index (χ2n) is 2.15. The molecule has 0 amide bonds.